The lowest BCUT2D eigenvalue weighted by atomic mass is 10.1. The molecule has 1 rings (SSSR count). The molecule has 0 N–H and O–H groups in total. The molecule has 0 aliphatic carbocycles. The van der Waals surface area contributed by atoms with Crippen molar-refractivity contribution in [3.63, 3.8) is 0 Å². The molecule has 3 nitrogen and oxygen atoms in total. The van der Waals surface area contributed by atoms with Crippen LogP contribution in [0.5, 0.6) is 0 Å². The third-order valence-electron chi connectivity index (χ3n) is 3.64. The second-order valence-corrected chi connectivity index (χ2v) is 5.91. The van der Waals surface area contributed by atoms with E-state index in [0.717, 1.165) is 0 Å². The molecule has 0 aromatic carbocycles. The van der Waals surface area contributed by atoms with E-state index in [2.05, 4.69) is 9.47 Å². The topological polar surface area (TPSA) is 27.7 Å². The van der Waals surface area contributed by atoms with Gasteiger partial charge >= 0.3 is 42.3 Å². The highest BCUT2D eigenvalue weighted by Crippen LogP contribution is 2.55. The SMILES string of the molecule is FC(OC(F)(F)C(F)(OC(F)(F)C(F)(F)C(F)(F)F)C(F)(F)F)C(F)(F)C1CCCO1. The van der Waals surface area contributed by atoms with E-state index in [1.54, 1.807) is 0 Å². The Hall–Kier alpha value is -1.24. The first-order chi connectivity index (χ1) is 13.4. The highest BCUT2D eigenvalue weighted by atomic mass is 19.4. The van der Waals surface area contributed by atoms with Gasteiger partial charge in [0.15, 0.2) is 0 Å². The quantitative estimate of drug-likeness (QED) is 0.395. The monoisotopic (exact) mass is 504 g/mol. The van der Waals surface area contributed by atoms with Crippen LogP contribution in [0.3, 0.4) is 0 Å². The summed E-state index contributed by atoms with van der Waals surface area (Å²) in [5.74, 6) is -20.6. The molecule has 0 aromatic heterocycles. The lowest BCUT2D eigenvalue weighted by molar-refractivity contribution is -0.542. The molecule has 1 fully saturated rings. The summed E-state index contributed by atoms with van der Waals surface area (Å²) in [6.45, 7) is -0.513. The van der Waals surface area contributed by atoms with Crippen molar-refractivity contribution >= 4 is 0 Å². The zero-order chi connectivity index (χ0) is 24.9. The van der Waals surface area contributed by atoms with Crippen molar-refractivity contribution in [1.29, 1.82) is 0 Å². The summed E-state index contributed by atoms with van der Waals surface area (Å²) in [5, 5.41) is 0. The smallest absolute Gasteiger partial charge is 0.372 e. The largest absolute Gasteiger partial charge is 0.462 e. The zero-order valence-electron chi connectivity index (χ0n) is 14.0. The maximum atomic E-state index is 13.8. The fourth-order valence-electron chi connectivity index (χ4n) is 2.00. The fraction of sp³-hybridized carbons (Fsp3) is 1.00. The van der Waals surface area contributed by atoms with Gasteiger partial charge in [0.05, 0.1) is 0 Å². The minimum atomic E-state index is -7.70. The van der Waals surface area contributed by atoms with Crippen LogP contribution in [0.4, 0.5) is 70.2 Å². The average molecular weight is 504 g/mol. The molecule has 3 atom stereocenters. The van der Waals surface area contributed by atoms with Crippen molar-refractivity contribution in [2.75, 3.05) is 6.61 Å². The Bertz CT molecular complexity index is 622. The minimum Gasteiger partial charge on any atom is -0.372 e. The van der Waals surface area contributed by atoms with Crippen LogP contribution in [0.2, 0.25) is 0 Å². The number of hydrogen-bond acceptors (Lipinski definition) is 3. The molecule has 0 radical (unpaired) electrons. The first kappa shape index (κ1) is 27.8. The van der Waals surface area contributed by atoms with Crippen LogP contribution in [0.25, 0.3) is 0 Å². The summed E-state index contributed by atoms with van der Waals surface area (Å²) in [6.07, 6.45) is -38.7. The number of rotatable bonds is 8. The number of alkyl halides is 16. The van der Waals surface area contributed by atoms with Gasteiger partial charge in [0.2, 0.25) is 0 Å². The average Bonchev–Trinajstić information content (AvgIpc) is 3.06. The Morgan fingerprint density at radius 3 is 1.55 bits per heavy atom. The summed E-state index contributed by atoms with van der Waals surface area (Å²) in [6, 6.07) is 0. The van der Waals surface area contributed by atoms with Crippen LogP contribution in [0, 0.1) is 0 Å². The van der Waals surface area contributed by atoms with Crippen LogP contribution in [0.1, 0.15) is 12.8 Å². The summed E-state index contributed by atoms with van der Waals surface area (Å²) in [7, 11) is 0. The summed E-state index contributed by atoms with van der Waals surface area (Å²) in [4.78, 5) is 0. The molecule has 3 unspecified atom stereocenters. The number of hydrogen-bond donors (Lipinski definition) is 0. The number of halogens is 16. The molecular formula is C12H8F16O3. The molecule has 1 aliphatic heterocycles. The normalized spacial score (nSPS) is 23.0. The van der Waals surface area contributed by atoms with Crippen molar-refractivity contribution in [1.82, 2.24) is 0 Å². The molecular weight excluding hydrogens is 496 g/mol. The lowest BCUT2D eigenvalue weighted by Crippen LogP contribution is -2.66. The molecule has 0 bridgehead atoms. The van der Waals surface area contributed by atoms with Crippen molar-refractivity contribution < 1.29 is 84.5 Å². The summed E-state index contributed by atoms with van der Waals surface area (Å²) >= 11 is 0. The van der Waals surface area contributed by atoms with Crippen molar-refractivity contribution in [2.24, 2.45) is 0 Å². The second kappa shape index (κ2) is 7.96. The zero-order valence-corrected chi connectivity index (χ0v) is 14.0. The van der Waals surface area contributed by atoms with Crippen molar-refractivity contribution in [2.45, 2.75) is 67.6 Å². The molecule has 0 aromatic rings. The molecule has 1 saturated heterocycles. The summed E-state index contributed by atoms with van der Waals surface area (Å²) in [5.41, 5.74) is 0. The van der Waals surface area contributed by atoms with Crippen LogP contribution in [-0.4, -0.2) is 61.3 Å². The van der Waals surface area contributed by atoms with Gasteiger partial charge in [-0.05, 0) is 12.8 Å². The maximum Gasteiger partial charge on any atom is 0.462 e. The van der Waals surface area contributed by atoms with Gasteiger partial charge in [0.25, 0.3) is 6.36 Å². The van der Waals surface area contributed by atoms with Crippen molar-refractivity contribution in [3.05, 3.63) is 0 Å². The first-order valence-electron chi connectivity index (χ1n) is 7.41. The Balaban J connectivity index is 3.33. The van der Waals surface area contributed by atoms with Gasteiger partial charge in [-0.15, -0.1) is 0 Å². The molecule has 186 valence electrons. The standard InChI is InChI=1S/C12H8F16O3/c13-5(6(14,15)4-2-1-3-29-4)30-12(27,28)8(18,10(22,23)24)31-11(25,26)7(16,17)9(19,20)21/h4-5H,1-3H2. The fourth-order valence-corrected chi connectivity index (χ4v) is 2.00. The van der Waals surface area contributed by atoms with Crippen LogP contribution in [-0.2, 0) is 14.2 Å². The second-order valence-electron chi connectivity index (χ2n) is 5.91. The minimum absolute atomic E-state index is 0.235. The Kier molecular flexibility index (Phi) is 7.14. The molecule has 1 aliphatic rings. The first-order valence-corrected chi connectivity index (χ1v) is 7.41. The maximum absolute atomic E-state index is 13.8. The highest BCUT2D eigenvalue weighted by molar-refractivity contribution is 4.94. The molecule has 0 amide bonds. The van der Waals surface area contributed by atoms with E-state index in [4.69, 9.17) is 0 Å². The molecule has 31 heavy (non-hydrogen) atoms. The van der Waals surface area contributed by atoms with Crippen LogP contribution < -0.4 is 0 Å². The Morgan fingerprint density at radius 2 is 1.19 bits per heavy atom. The Labute approximate surface area is 160 Å². The predicted molar refractivity (Wildman–Crippen MR) is 61.8 cm³/mol. The van der Waals surface area contributed by atoms with Crippen molar-refractivity contribution in [3.8, 4) is 0 Å². The van der Waals surface area contributed by atoms with E-state index in [1.807, 2.05) is 0 Å². The van der Waals surface area contributed by atoms with Gasteiger partial charge in [-0.25, -0.2) is 4.39 Å². The van der Waals surface area contributed by atoms with Gasteiger partial charge < -0.3 is 4.74 Å². The molecule has 0 saturated carbocycles. The van der Waals surface area contributed by atoms with E-state index < -0.39 is 67.8 Å². The van der Waals surface area contributed by atoms with E-state index in [0.29, 0.717) is 0 Å². The van der Waals surface area contributed by atoms with E-state index >= 15 is 0 Å². The van der Waals surface area contributed by atoms with Gasteiger partial charge in [-0.3, -0.25) is 9.47 Å². The van der Waals surface area contributed by atoms with Gasteiger partial charge in [-0.2, -0.15) is 65.9 Å². The number of ether oxygens (including phenoxy) is 3. The van der Waals surface area contributed by atoms with Crippen LogP contribution in [0.15, 0.2) is 0 Å². The highest BCUT2D eigenvalue weighted by Gasteiger charge is 2.84. The van der Waals surface area contributed by atoms with Gasteiger partial charge in [-0.1, -0.05) is 0 Å². The van der Waals surface area contributed by atoms with Crippen LogP contribution >= 0.6 is 0 Å². The molecule has 1 heterocycles. The molecule has 19 heteroatoms. The third-order valence-corrected chi connectivity index (χ3v) is 3.64. The van der Waals surface area contributed by atoms with Gasteiger partial charge in [0, 0.05) is 6.61 Å². The van der Waals surface area contributed by atoms with E-state index in [1.165, 1.54) is 4.74 Å². The Morgan fingerprint density at radius 1 is 0.710 bits per heavy atom. The lowest BCUT2D eigenvalue weighted by Gasteiger charge is -2.39. The van der Waals surface area contributed by atoms with E-state index in [-0.39, 0.29) is 6.42 Å². The third kappa shape index (κ3) is 4.91. The molecule has 0 spiro atoms. The van der Waals surface area contributed by atoms with Gasteiger partial charge in [0.1, 0.15) is 6.10 Å². The van der Waals surface area contributed by atoms with E-state index in [9.17, 15) is 70.2 Å². The predicted octanol–water partition coefficient (Wildman–Crippen LogP) is 5.74. The summed E-state index contributed by atoms with van der Waals surface area (Å²) < 4.78 is 214.